The minimum absolute atomic E-state index is 0.0324. The fraction of sp³-hybridized carbons (Fsp3) is 0.286. The minimum atomic E-state index is 0.0324. The van der Waals surface area contributed by atoms with Crippen LogP contribution in [0.5, 0.6) is 0 Å². The van der Waals surface area contributed by atoms with Gasteiger partial charge in [0.2, 0.25) is 5.91 Å². The molecular weight excluding hydrogens is 296 g/mol. The molecule has 0 saturated carbocycles. The number of amides is 1. The number of hydrogen-bond donors (Lipinski definition) is 1. The Balaban J connectivity index is 1.92. The number of carbonyl (C=O) groups is 1. The van der Waals surface area contributed by atoms with Gasteiger partial charge in [0.15, 0.2) is 0 Å². The van der Waals surface area contributed by atoms with E-state index < -0.39 is 0 Å². The Bertz CT molecular complexity index is 907. The first-order valence-corrected chi connectivity index (χ1v) is 8.68. The highest BCUT2D eigenvalue weighted by Gasteiger charge is 2.22. The first kappa shape index (κ1) is 15.0. The number of hydrogen-bond acceptors (Lipinski definition) is 1. The number of aromatic nitrogens is 1. The van der Waals surface area contributed by atoms with Crippen LogP contribution in [-0.2, 0) is 24.2 Å². The standard InChI is InChI=1S/C21H22N2O/c1-15(24)22-13-12-19-18-10-4-5-11-20(18)23-14-6-8-16-7-2-3-9-17(16)21(19)23/h2-5,7,9-11H,6,8,12-14H2,1H3,(H,22,24). The molecule has 1 aliphatic heterocycles. The summed E-state index contributed by atoms with van der Waals surface area (Å²) in [6, 6.07) is 17.4. The lowest BCUT2D eigenvalue weighted by atomic mass is 9.97. The summed E-state index contributed by atoms with van der Waals surface area (Å²) in [6.07, 6.45) is 3.14. The average molecular weight is 318 g/mol. The van der Waals surface area contributed by atoms with E-state index >= 15 is 0 Å². The second-order valence-electron chi connectivity index (χ2n) is 6.49. The second kappa shape index (κ2) is 6.16. The molecule has 2 aromatic carbocycles. The van der Waals surface area contributed by atoms with E-state index in [2.05, 4.69) is 58.4 Å². The summed E-state index contributed by atoms with van der Waals surface area (Å²) in [5.74, 6) is 0.0324. The molecule has 0 radical (unpaired) electrons. The summed E-state index contributed by atoms with van der Waals surface area (Å²) < 4.78 is 2.48. The van der Waals surface area contributed by atoms with E-state index in [1.54, 1.807) is 6.92 Å². The lowest BCUT2D eigenvalue weighted by molar-refractivity contribution is -0.118. The Morgan fingerprint density at radius 1 is 1.12 bits per heavy atom. The fourth-order valence-electron chi connectivity index (χ4n) is 3.93. The third kappa shape index (κ3) is 2.50. The predicted octanol–water partition coefficient (Wildman–Crippen LogP) is 3.93. The third-order valence-electron chi connectivity index (χ3n) is 4.92. The number of nitrogens with one attached hydrogen (secondary N) is 1. The number of rotatable bonds is 3. The van der Waals surface area contributed by atoms with Gasteiger partial charge in [0.25, 0.3) is 0 Å². The Hall–Kier alpha value is -2.55. The molecule has 1 aromatic heterocycles. The molecule has 0 atom stereocenters. The van der Waals surface area contributed by atoms with E-state index in [-0.39, 0.29) is 5.91 Å². The van der Waals surface area contributed by atoms with Gasteiger partial charge >= 0.3 is 0 Å². The molecule has 3 nitrogen and oxygen atoms in total. The summed E-state index contributed by atoms with van der Waals surface area (Å²) in [7, 11) is 0. The van der Waals surface area contributed by atoms with Crippen LogP contribution < -0.4 is 5.32 Å². The number of fused-ring (bicyclic) bond motifs is 5. The molecule has 3 heteroatoms. The van der Waals surface area contributed by atoms with Crippen molar-refractivity contribution in [3.05, 3.63) is 59.7 Å². The fourth-order valence-corrected chi connectivity index (χ4v) is 3.93. The maximum atomic E-state index is 11.3. The van der Waals surface area contributed by atoms with Gasteiger partial charge in [-0.25, -0.2) is 0 Å². The highest BCUT2D eigenvalue weighted by Crippen LogP contribution is 2.38. The van der Waals surface area contributed by atoms with E-state index in [4.69, 9.17) is 0 Å². The molecule has 1 N–H and O–H groups in total. The van der Waals surface area contributed by atoms with Crippen molar-refractivity contribution in [1.82, 2.24) is 9.88 Å². The van der Waals surface area contributed by atoms with Crippen LogP contribution in [0.4, 0.5) is 0 Å². The second-order valence-corrected chi connectivity index (χ2v) is 6.49. The molecule has 1 aliphatic rings. The summed E-state index contributed by atoms with van der Waals surface area (Å²) in [6.45, 7) is 3.30. The monoisotopic (exact) mass is 318 g/mol. The van der Waals surface area contributed by atoms with Gasteiger partial charge in [0.1, 0.15) is 0 Å². The van der Waals surface area contributed by atoms with Gasteiger partial charge < -0.3 is 9.88 Å². The predicted molar refractivity (Wildman–Crippen MR) is 98.1 cm³/mol. The Morgan fingerprint density at radius 3 is 2.79 bits per heavy atom. The zero-order chi connectivity index (χ0) is 16.5. The van der Waals surface area contributed by atoms with Crippen LogP contribution in [-0.4, -0.2) is 17.0 Å². The summed E-state index contributed by atoms with van der Waals surface area (Å²) in [4.78, 5) is 11.3. The van der Waals surface area contributed by atoms with Crippen LogP contribution in [0.1, 0.15) is 24.5 Å². The van der Waals surface area contributed by atoms with E-state index in [0.29, 0.717) is 6.54 Å². The molecule has 0 unspecified atom stereocenters. The third-order valence-corrected chi connectivity index (χ3v) is 4.92. The topological polar surface area (TPSA) is 34.0 Å². The number of benzene rings is 2. The van der Waals surface area contributed by atoms with Crippen molar-refractivity contribution in [3.8, 4) is 11.3 Å². The number of para-hydroxylation sites is 1. The number of carbonyl (C=O) groups excluding carboxylic acids is 1. The van der Waals surface area contributed by atoms with Gasteiger partial charge in [-0.1, -0.05) is 42.5 Å². The molecule has 1 amide bonds. The molecule has 0 aliphatic carbocycles. The molecular formula is C21H22N2O. The first-order valence-electron chi connectivity index (χ1n) is 8.68. The van der Waals surface area contributed by atoms with Crippen molar-refractivity contribution < 1.29 is 4.79 Å². The van der Waals surface area contributed by atoms with Crippen molar-refractivity contribution >= 4 is 16.8 Å². The van der Waals surface area contributed by atoms with Gasteiger partial charge in [-0.2, -0.15) is 0 Å². The molecule has 0 spiro atoms. The van der Waals surface area contributed by atoms with E-state index in [0.717, 1.165) is 25.8 Å². The molecule has 0 saturated heterocycles. The summed E-state index contributed by atoms with van der Waals surface area (Å²) in [5, 5.41) is 4.26. The van der Waals surface area contributed by atoms with Gasteiger partial charge in [0, 0.05) is 36.5 Å². The lowest BCUT2D eigenvalue weighted by Crippen LogP contribution is -2.22. The first-order chi connectivity index (χ1) is 11.8. The minimum Gasteiger partial charge on any atom is -0.356 e. The van der Waals surface area contributed by atoms with E-state index in [1.807, 2.05) is 0 Å². The summed E-state index contributed by atoms with van der Waals surface area (Å²) >= 11 is 0. The maximum Gasteiger partial charge on any atom is 0.216 e. The van der Waals surface area contributed by atoms with Crippen LogP contribution in [0, 0.1) is 0 Å². The Kier molecular flexibility index (Phi) is 3.85. The van der Waals surface area contributed by atoms with E-state index in [9.17, 15) is 4.79 Å². The molecule has 24 heavy (non-hydrogen) atoms. The number of aryl methyl sites for hydroxylation is 2. The highest BCUT2D eigenvalue weighted by molar-refractivity contribution is 5.92. The molecule has 0 fully saturated rings. The normalized spacial score (nSPS) is 13.2. The smallest absolute Gasteiger partial charge is 0.216 e. The molecule has 3 aromatic rings. The molecule has 2 heterocycles. The Morgan fingerprint density at radius 2 is 1.92 bits per heavy atom. The van der Waals surface area contributed by atoms with Crippen molar-refractivity contribution in [2.75, 3.05) is 6.54 Å². The Labute approximate surface area is 142 Å². The van der Waals surface area contributed by atoms with Crippen LogP contribution in [0.2, 0.25) is 0 Å². The summed E-state index contributed by atoms with van der Waals surface area (Å²) in [5.41, 5.74) is 6.79. The molecule has 0 bridgehead atoms. The SMILES string of the molecule is CC(=O)NCCc1c2n(c3ccccc13)CCCc1ccccc1-2. The van der Waals surface area contributed by atoms with Crippen LogP contribution in [0.15, 0.2) is 48.5 Å². The highest BCUT2D eigenvalue weighted by atomic mass is 16.1. The molecule has 122 valence electrons. The van der Waals surface area contributed by atoms with Gasteiger partial charge in [-0.3, -0.25) is 4.79 Å². The lowest BCUT2D eigenvalue weighted by Gasteiger charge is -2.11. The van der Waals surface area contributed by atoms with Crippen molar-refractivity contribution in [2.45, 2.75) is 32.7 Å². The van der Waals surface area contributed by atoms with Crippen molar-refractivity contribution in [3.63, 3.8) is 0 Å². The quantitative estimate of drug-likeness (QED) is 0.780. The largest absolute Gasteiger partial charge is 0.356 e. The maximum absolute atomic E-state index is 11.3. The number of nitrogens with zero attached hydrogens (tertiary/aromatic N) is 1. The van der Waals surface area contributed by atoms with Crippen LogP contribution >= 0.6 is 0 Å². The zero-order valence-electron chi connectivity index (χ0n) is 14.0. The van der Waals surface area contributed by atoms with Gasteiger partial charge in [-0.05, 0) is 36.5 Å². The van der Waals surface area contributed by atoms with Crippen LogP contribution in [0.3, 0.4) is 0 Å². The van der Waals surface area contributed by atoms with Crippen LogP contribution in [0.25, 0.3) is 22.2 Å². The van der Waals surface area contributed by atoms with Crippen molar-refractivity contribution in [1.29, 1.82) is 0 Å². The van der Waals surface area contributed by atoms with E-state index in [1.165, 1.54) is 33.3 Å². The van der Waals surface area contributed by atoms with Crippen molar-refractivity contribution in [2.24, 2.45) is 0 Å². The van der Waals surface area contributed by atoms with Gasteiger partial charge in [-0.15, -0.1) is 0 Å². The average Bonchev–Trinajstić information content (AvgIpc) is 2.77. The zero-order valence-corrected chi connectivity index (χ0v) is 14.0. The molecule has 4 rings (SSSR count). The van der Waals surface area contributed by atoms with Gasteiger partial charge in [0.05, 0.1) is 5.69 Å².